The van der Waals surface area contributed by atoms with E-state index in [4.69, 9.17) is 4.52 Å². The molecule has 1 aliphatic rings. The highest BCUT2D eigenvalue weighted by Gasteiger charge is 2.20. The fourth-order valence-electron chi connectivity index (χ4n) is 3.28. The maximum Gasteiger partial charge on any atom is 0.194 e. The van der Waals surface area contributed by atoms with E-state index in [1.807, 2.05) is 37.5 Å². The van der Waals surface area contributed by atoms with Crippen LogP contribution in [0.1, 0.15) is 11.3 Å². The molecule has 4 rings (SSSR count). The third kappa shape index (κ3) is 5.54. The van der Waals surface area contributed by atoms with Crippen LogP contribution in [0.3, 0.4) is 0 Å². The summed E-state index contributed by atoms with van der Waals surface area (Å²) in [6.45, 7) is 5.28. The Balaban J connectivity index is 0.00000240. The number of aromatic nitrogens is 4. The van der Waals surface area contributed by atoms with E-state index >= 15 is 0 Å². The molecule has 1 saturated heterocycles. The third-order valence-electron chi connectivity index (χ3n) is 4.76. The molecule has 0 aliphatic carbocycles. The lowest BCUT2D eigenvalue weighted by Crippen LogP contribution is -2.52. The van der Waals surface area contributed by atoms with Crippen molar-refractivity contribution in [1.29, 1.82) is 0 Å². The summed E-state index contributed by atoms with van der Waals surface area (Å²) in [6.07, 6.45) is 7.06. The molecular weight excluding hydrogens is 483 g/mol. The number of piperazine rings is 1. The molecule has 9 nitrogen and oxygen atoms in total. The molecule has 0 aromatic carbocycles. The van der Waals surface area contributed by atoms with E-state index < -0.39 is 0 Å². The average Bonchev–Trinajstić information content (AvgIpc) is 3.44. The molecule has 0 unspecified atom stereocenters. The van der Waals surface area contributed by atoms with Gasteiger partial charge < -0.3 is 14.7 Å². The fraction of sp³-hybridized carbons (Fsp3) is 0.368. The number of rotatable bonds is 5. The Morgan fingerprint density at radius 2 is 2.07 bits per heavy atom. The van der Waals surface area contributed by atoms with Crippen LogP contribution in [0.4, 0.5) is 0 Å². The second-order valence-electron chi connectivity index (χ2n) is 6.63. The van der Waals surface area contributed by atoms with Crippen molar-refractivity contribution in [3.8, 4) is 5.82 Å². The second-order valence-corrected chi connectivity index (χ2v) is 6.63. The van der Waals surface area contributed by atoms with Crippen molar-refractivity contribution in [2.75, 3.05) is 33.2 Å². The minimum Gasteiger partial charge on any atom is -0.364 e. The zero-order chi connectivity index (χ0) is 19.2. The smallest absolute Gasteiger partial charge is 0.194 e. The number of hydrogen-bond donors (Lipinski definition) is 1. The van der Waals surface area contributed by atoms with Crippen LogP contribution in [0.15, 0.2) is 58.6 Å². The van der Waals surface area contributed by atoms with E-state index in [0.717, 1.165) is 55.8 Å². The van der Waals surface area contributed by atoms with E-state index in [0.29, 0.717) is 6.54 Å². The minimum atomic E-state index is 0. The van der Waals surface area contributed by atoms with Crippen molar-refractivity contribution in [2.45, 2.75) is 13.1 Å². The van der Waals surface area contributed by atoms with Gasteiger partial charge in [0.1, 0.15) is 6.26 Å². The Labute approximate surface area is 186 Å². The summed E-state index contributed by atoms with van der Waals surface area (Å²) in [4.78, 5) is 13.5. The van der Waals surface area contributed by atoms with Crippen LogP contribution in [0.2, 0.25) is 0 Å². The normalized spacial score (nSPS) is 15.2. The molecule has 0 saturated carbocycles. The molecule has 154 valence electrons. The van der Waals surface area contributed by atoms with E-state index in [9.17, 15) is 0 Å². The summed E-state index contributed by atoms with van der Waals surface area (Å²) in [5, 5.41) is 11.7. The van der Waals surface area contributed by atoms with Gasteiger partial charge in [-0.05, 0) is 23.8 Å². The summed E-state index contributed by atoms with van der Waals surface area (Å²) >= 11 is 0. The lowest BCUT2D eigenvalue weighted by molar-refractivity contribution is 0.169. The monoisotopic (exact) mass is 508 g/mol. The highest BCUT2D eigenvalue weighted by Crippen LogP contribution is 2.09. The molecule has 0 radical (unpaired) electrons. The lowest BCUT2D eigenvalue weighted by atomic mass is 10.2. The highest BCUT2D eigenvalue weighted by molar-refractivity contribution is 14.0. The molecule has 1 N–H and O–H groups in total. The van der Waals surface area contributed by atoms with Crippen molar-refractivity contribution < 1.29 is 4.52 Å². The van der Waals surface area contributed by atoms with Crippen LogP contribution in [-0.4, -0.2) is 68.9 Å². The summed E-state index contributed by atoms with van der Waals surface area (Å²) < 4.78 is 6.67. The molecule has 0 atom stereocenters. The van der Waals surface area contributed by atoms with Gasteiger partial charge in [-0.15, -0.1) is 24.0 Å². The Morgan fingerprint density at radius 3 is 2.76 bits per heavy atom. The molecule has 3 aromatic heterocycles. The highest BCUT2D eigenvalue weighted by atomic mass is 127. The van der Waals surface area contributed by atoms with Crippen LogP contribution in [0.25, 0.3) is 5.82 Å². The zero-order valence-corrected chi connectivity index (χ0v) is 18.6. The van der Waals surface area contributed by atoms with Gasteiger partial charge in [0.15, 0.2) is 11.8 Å². The quantitative estimate of drug-likeness (QED) is 0.319. The molecule has 1 aliphatic heterocycles. The first-order valence-electron chi connectivity index (χ1n) is 9.34. The number of aliphatic imine (C=N–C) groups is 1. The van der Waals surface area contributed by atoms with Crippen molar-refractivity contribution in [1.82, 2.24) is 35.0 Å². The van der Waals surface area contributed by atoms with Gasteiger partial charge in [-0.25, -0.2) is 9.67 Å². The van der Waals surface area contributed by atoms with Crippen LogP contribution >= 0.6 is 24.0 Å². The Kier molecular flexibility index (Phi) is 7.58. The summed E-state index contributed by atoms with van der Waals surface area (Å²) in [6, 6.07) is 7.84. The predicted octanol–water partition coefficient (Wildman–Crippen LogP) is 1.77. The van der Waals surface area contributed by atoms with E-state index in [2.05, 4.69) is 35.3 Å². The second kappa shape index (κ2) is 10.3. The van der Waals surface area contributed by atoms with Crippen LogP contribution in [0, 0.1) is 0 Å². The number of halogens is 1. The number of hydrogen-bond acceptors (Lipinski definition) is 6. The van der Waals surface area contributed by atoms with Crippen molar-refractivity contribution in [3.05, 3.63) is 60.4 Å². The molecule has 0 bridgehead atoms. The third-order valence-corrected chi connectivity index (χ3v) is 4.76. The Hall–Kier alpha value is -2.47. The minimum absolute atomic E-state index is 0. The number of pyridine rings is 1. The van der Waals surface area contributed by atoms with Crippen LogP contribution in [0.5, 0.6) is 0 Å². The van der Waals surface area contributed by atoms with Crippen molar-refractivity contribution in [2.24, 2.45) is 4.99 Å². The topological polar surface area (TPSA) is 87.6 Å². The number of guanidine groups is 1. The molecule has 3 aromatic rings. The molecule has 0 amide bonds. The lowest BCUT2D eigenvalue weighted by Gasteiger charge is -2.36. The maximum absolute atomic E-state index is 4.91. The van der Waals surface area contributed by atoms with E-state index in [1.54, 1.807) is 23.3 Å². The number of nitrogens with one attached hydrogen (secondary N) is 1. The maximum atomic E-state index is 4.91. The van der Waals surface area contributed by atoms with Gasteiger partial charge >= 0.3 is 0 Å². The predicted molar refractivity (Wildman–Crippen MR) is 120 cm³/mol. The van der Waals surface area contributed by atoms with Crippen LogP contribution < -0.4 is 5.32 Å². The Morgan fingerprint density at radius 1 is 1.21 bits per heavy atom. The first kappa shape index (κ1) is 21.2. The largest absolute Gasteiger partial charge is 0.364 e. The first-order chi connectivity index (χ1) is 13.8. The van der Waals surface area contributed by atoms with Gasteiger partial charge in [0, 0.05) is 71.0 Å². The van der Waals surface area contributed by atoms with E-state index in [-0.39, 0.29) is 24.0 Å². The zero-order valence-electron chi connectivity index (χ0n) is 16.3. The van der Waals surface area contributed by atoms with Gasteiger partial charge in [-0.2, -0.15) is 5.10 Å². The van der Waals surface area contributed by atoms with Crippen LogP contribution in [-0.2, 0) is 13.1 Å². The van der Waals surface area contributed by atoms with Gasteiger partial charge in [0.2, 0.25) is 0 Å². The van der Waals surface area contributed by atoms with Crippen molar-refractivity contribution in [3.63, 3.8) is 0 Å². The number of nitrogens with zero attached hydrogens (tertiary/aromatic N) is 7. The molecule has 29 heavy (non-hydrogen) atoms. The Bertz CT molecular complexity index is 889. The van der Waals surface area contributed by atoms with Gasteiger partial charge in [-0.1, -0.05) is 5.16 Å². The molecular formula is C19H25IN8O. The van der Waals surface area contributed by atoms with E-state index in [1.165, 1.54) is 0 Å². The average molecular weight is 508 g/mol. The summed E-state index contributed by atoms with van der Waals surface area (Å²) in [5.41, 5.74) is 2.10. The molecule has 10 heteroatoms. The standard InChI is InChI=1S/C19H24N8O.HI/c1-20-19(26-10-8-25(9-11-26)15-17-4-12-28-24-17)22-14-16-3-6-21-18(13-16)27-7-2-5-23-27;/h2-7,12-13H,8-11,14-15H2,1H3,(H,20,22);1H. The van der Waals surface area contributed by atoms with Gasteiger partial charge in [0.25, 0.3) is 0 Å². The van der Waals surface area contributed by atoms with Gasteiger partial charge in [-0.3, -0.25) is 9.89 Å². The molecule has 4 heterocycles. The fourth-order valence-corrected chi connectivity index (χ4v) is 3.28. The summed E-state index contributed by atoms with van der Waals surface area (Å²) in [5.74, 6) is 1.72. The van der Waals surface area contributed by atoms with Crippen molar-refractivity contribution >= 4 is 29.9 Å². The van der Waals surface area contributed by atoms with Gasteiger partial charge in [0.05, 0.1) is 5.69 Å². The molecule has 1 fully saturated rings. The SMILES string of the molecule is CN=C(NCc1ccnc(-n2cccn2)c1)N1CCN(Cc2ccon2)CC1.I. The first-order valence-corrected chi connectivity index (χ1v) is 9.34. The molecule has 0 spiro atoms. The summed E-state index contributed by atoms with van der Waals surface area (Å²) in [7, 11) is 1.83.